The molecule has 0 amide bonds. The smallest absolute Gasteiger partial charge is 0.00881 e. The summed E-state index contributed by atoms with van der Waals surface area (Å²) in [6.45, 7) is 4.57. The van der Waals surface area contributed by atoms with Crippen molar-refractivity contribution >= 4 is 6.08 Å². The summed E-state index contributed by atoms with van der Waals surface area (Å²) in [4.78, 5) is 0. The van der Waals surface area contributed by atoms with Crippen LogP contribution in [-0.2, 0) is 19.3 Å². The molecule has 0 heteroatoms. The average Bonchev–Trinajstić information content (AvgIpc) is 2.86. The molecule has 0 aliphatic heterocycles. The standard InChI is InChI=1S/C19H28/c1-3-5-7-10-16-14-18-12-9-13-19(18)15-17(16)11-8-6-4-2/h9,12,14-15H,3-8,10-11,13H2,1-2H3. The molecule has 1 aliphatic carbocycles. The Kier molecular flexibility index (Phi) is 5.69. The lowest BCUT2D eigenvalue weighted by Crippen LogP contribution is -1.98. The molecule has 19 heavy (non-hydrogen) atoms. The van der Waals surface area contributed by atoms with Crippen LogP contribution in [0.5, 0.6) is 0 Å². The molecular formula is C19H28. The molecule has 0 nitrogen and oxygen atoms in total. The summed E-state index contributed by atoms with van der Waals surface area (Å²) in [6.07, 6.45) is 16.4. The summed E-state index contributed by atoms with van der Waals surface area (Å²) in [6, 6.07) is 4.96. The van der Waals surface area contributed by atoms with Crippen molar-refractivity contribution in [1.82, 2.24) is 0 Å². The van der Waals surface area contributed by atoms with Crippen LogP contribution in [-0.4, -0.2) is 0 Å². The first kappa shape index (κ1) is 14.4. The van der Waals surface area contributed by atoms with Crippen molar-refractivity contribution in [2.24, 2.45) is 0 Å². The highest BCUT2D eigenvalue weighted by Crippen LogP contribution is 2.26. The Hall–Kier alpha value is -1.04. The Bertz CT molecular complexity index is 426. The highest BCUT2D eigenvalue weighted by atomic mass is 14.2. The predicted molar refractivity (Wildman–Crippen MR) is 85.6 cm³/mol. The van der Waals surface area contributed by atoms with Gasteiger partial charge in [-0.15, -0.1) is 0 Å². The lowest BCUT2D eigenvalue weighted by molar-refractivity contribution is 0.693. The van der Waals surface area contributed by atoms with Crippen molar-refractivity contribution in [2.75, 3.05) is 0 Å². The molecule has 0 saturated heterocycles. The van der Waals surface area contributed by atoms with Gasteiger partial charge in [0.2, 0.25) is 0 Å². The van der Waals surface area contributed by atoms with E-state index >= 15 is 0 Å². The van der Waals surface area contributed by atoms with E-state index in [0.717, 1.165) is 6.42 Å². The van der Waals surface area contributed by atoms with E-state index in [1.807, 2.05) is 0 Å². The molecule has 0 heterocycles. The number of benzene rings is 1. The maximum atomic E-state index is 2.49. The third-order valence-electron chi connectivity index (χ3n) is 4.20. The Labute approximate surface area is 118 Å². The minimum Gasteiger partial charge on any atom is -0.0795 e. The molecule has 1 aromatic rings. The summed E-state index contributed by atoms with van der Waals surface area (Å²) in [5, 5.41) is 0. The predicted octanol–water partition coefficient (Wildman–Crippen LogP) is 5.72. The van der Waals surface area contributed by atoms with Gasteiger partial charge in [0.05, 0.1) is 0 Å². The third-order valence-corrected chi connectivity index (χ3v) is 4.20. The molecule has 0 radical (unpaired) electrons. The van der Waals surface area contributed by atoms with Gasteiger partial charge in [-0.05, 0) is 54.4 Å². The molecule has 0 N–H and O–H groups in total. The number of rotatable bonds is 8. The van der Waals surface area contributed by atoms with Crippen LogP contribution >= 0.6 is 0 Å². The van der Waals surface area contributed by atoms with E-state index in [2.05, 4.69) is 38.1 Å². The van der Waals surface area contributed by atoms with E-state index < -0.39 is 0 Å². The monoisotopic (exact) mass is 256 g/mol. The summed E-state index contributed by atoms with van der Waals surface area (Å²) in [7, 11) is 0. The first-order valence-electron chi connectivity index (χ1n) is 8.16. The van der Waals surface area contributed by atoms with E-state index in [0.29, 0.717) is 0 Å². The zero-order valence-corrected chi connectivity index (χ0v) is 12.7. The van der Waals surface area contributed by atoms with Gasteiger partial charge in [-0.2, -0.15) is 0 Å². The summed E-state index contributed by atoms with van der Waals surface area (Å²) in [5.74, 6) is 0. The SMILES string of the molecule is CCCCCc1cc2c(cc1CCCCC)CC=C2. The number of unbranched alkanes of at least 4 members (excludes halogenated alkanes) is 4. The van der Waals surface area contributed by atoms with Crippen molar-refractivity contribution in [1.29, 1.82) is 0 Å². The van der Waals surface area contributed by atoms with Crippen LogP contribution in [0.15, 0.2) is 18.2 Å². The topological polar surface area (TPSA) is 0 Å². The van der Waals surface area contributed by atoms with Crippen LogP contribution < -0.4 is 0 Å². The van der Waals surface area contributed by atoms with Gasteiger partial charge in [0.15, 0.2) is 0 Å². The fourth-order valence-corrected chi connectivity index (χ4v) is 3.00. The van der Waals surface area contributed by atoms with Gasteiger partial charge >= 0.3 is 0 Å². The number of aryl methyl sites for hydroxylation is 2. The lowest BCUT2D eigenvalue weighted by Gasteiger charge is -2.13. The van der Waals surface area contributed by atoms with Gasteiger partial charge in [-0.25, -0.2) is 0 Å². The fraction of sp³-hybridized carbons (Fsp3) is 0.579. The molecule has 0 unspecified atom stereocenters. The number of hydrogen-bond donors (Lipinski definition) is 0. The Morgan fingerprint density at radius 2 is 1.47 bits per heavy atom. The van der Waals surface area contributed by atoms with Gasteiger partial charge in [0.25, 0.3) is 0 Å². The number of allylic oxidation sites excluding steroid dienone is 1. The molecule has 0 saturated carbocycles. The normalized spacial score (nSPS) is 12.9. The summed E-state index contributed by atoms with van der Waals surface area (Å²) < 4.78 is 0. The zero-order chi connectivity index (χ0) is 13.5. The van der Waals surface area contributed by atoms with Crippen molar-refractivity contribution in [2.45, 2.75) is 71.6 Å². The molecule has 0 fully saturated rings. The van der Waals surface area contributed by atoms with Crippen molar-refractivity contribution in [3.05, 3.63) is 40.5 Å². The quantitative estimate of drug-likeness (QED) is 0.522. The molecule has 2 rings (SSSR count). The first-order valence-corrected chi connectivity index (χ1v) is 8.16. The molecule has 1 aromatic carbocycles. The van der Waals surface area contributed by atoms with Gasteiger partial charge in [0.1, 0.15) is 0 Å². The second-order valence-electron chi connectivity index (χ2n) is 5.84. The lowest BCUT2D eigenvalue weighted by atomic mass is 9.93. The van der Waals surface area contributed by atoms with Crippen LogP contribution in [0.1, 0.15) is 74.6 Å². The Morgan fingerprint density at radius 3 is 2.11 bits per heavy atom. The number of fused-ring (bicyclic) bond motifs is 1. The summed E-state index contributed by atoms with van der Waals surface area (Å²) in [5.41, 5.74) is 6.28. The van der Waals surface area contributed by atoms with Crippen LogP contribution in [0.3, 0.4) is 0 Å². The number of hydrogen-bond acceptors (Lipinski definition) is 0. The fourth-order valence-electron chi connectivity index (χ4n) is 3.00. The highest BCUT2D eigenvalue weighted by molar-refractivity contribution is 5.62. The van der Waals surface area contributed by atoms with Gasteiger partial charge in [0, 0.05) is 0 Å². The molecule has 0 atom stereocenters. The van der Waals surface area contributed by atoms with E-state index in [9.17, 15) is 0 Å². The van der Waals surface area contributed by atoms with Gasteiger partial charge in [-0.1, -0.05) is 63.8 Å². The minimum absolute atomic E-state index is 1.14. The molecular weight excluding hydrogens is 228 g/mol. The van der Waals surface area contributed by atoms with E-state index in [1.165, 1.54) is 56.9 Å². The van der Waals surface area contributed by atoms with Gasteiger partial charge < -0.3 is 0 Å². The van der Waals surface area contributed by atoms with Crippen molar-refractivity contribution < 1.29 is 0 Å². The van der Waals surface area contributed by atoms with E-state index in [4.69, 9.17) is 0 Å². The van der Waals surface area contributed by atoms with Crippen LogP contribution in [0.2, 0.25) is 0 Å². The largest absolute Gasteiger partial charge is 0.0795 e. The zero-order valence-electron chi connectivity index (χ0n) is 12.7. The van der Waals surface area contributed by atoms with Crippen LogP contribution in [0.4, 0.5) is 0 Å². The second-order valence-corrected chi connectivity index (χ2v) is 5.84. The highest BCUT2D eigenvalue weighted by Gasteiger charge is 2.10. The summed E-state index contributed by atoms with van der Waals surface area (Å²) >= 11 is 0. The van der Waals surface area contributed by atoms with E-state index in [1.54, 1.807) is 16.7 Å². The third kappa shape index (κ3) is 3.96. The van der Waals surface area contributed by atoms with E-state index in [-0.39, 0.29) is 0 Å². The second kappa shape index (κ2) is 7.53. The maximum Gasteiger partial charge on any atom is -0.00881 e. The Balaban J connectivity index is 2.09. The minimum atomic E-state index is 1.14. The first-order chi connectivity index (χ1) is 9.35. The maximum absolute atomic E-state index is 2.49. The molecule has 0 spiro atoms. The van der Waals surface area contributed by atoms with Crippen molar-refractivity contribution in [3.63, 3.8) is 0 Å². The van der Waals surface area contributed by atoms with Crippen LogP contribution in [0, 0.1) is 0 Å². The van der Waals surface area contributed by atoms with Crippen molar-refractivity contribution in [3.8, 4) is 0 Å². The van der Waals surface area contributed by atoms with Crippen LogP contribution in [0.25, 0.3) is 6.08 Å². The average molecular weight is 256 g/mol. The Morgan fingerprint density at radius 1 is 0.842 bits per heavy atom. The molecule has 1 aliphatic rings. The molecule has 0 bridgehead atoms. The molecule has 104 valence electrons. The molecule has 0 aromatic heterocycles. The van der Waals surface area contributed by atoms with Gasteiger partial charge in [-0.3, -0.25) is 0 Å².